The number of hydrogen-bond donors (Lipinski definition) is 1. The number of ether oxygens (including phenoxy) is 1. The van der Waals surface area contributed by atoms with Gasteiger partial charge in [0.1, 0.15) is 5.82 Å². The minimum Gasteiger partial charge on any atom is -0.490 e. The smallest absolute Gasteiger partial charge is 0.168 e. The Kier molecular flexibility index (Phi) is 2.37. The molecule has 1 aromatic carbocycles. The molecule has 1 aliphatic rings. The average Bonchev–Trinajstić information content (AvgIpc) is 2.60. The first-order valence-electron chi connectivity index (χ1n) is 4.56. The molecule has 2 N–H and O–H groups in total. The van der Waals surface area contributed by atoms with Gasteiger partial charge in [0.05, 0.1) is 6.61 Å². The fourth-order valence-electron chi connectivity index (χ4n) is 1.78. The number of hydrogen-bond acceptors (Lipinski definition) is 2. The van der Waals surface area contributed by atoms with E-state index in [-0.39, 0.29) is 5.75 Å². The van der Waals surface area contributed by atoms with Crippen molar-refractivity contribution in [3.63, 3.8) is 0 Å². The molecule has 0 atom stereocenters. The average molecular weight is 199 g/mol. The van der Waals surface area contributed by atoms with Crippen molar-refractivity contribution >= 4 is 0 Å². The zero-order valence-corrected chi connectivity index (χ0v) is 7.65. The van der Waals surface area contributed by atoms with Crippen LogP contribution in [0.1, 0.15) is 11.1 Å². The summed E-state index contributed by atoms with van der Waals surface area (Å²) in [6.07, 6.45) is 0.997. The van der Waals surface area contributed by atoms with Crippen molar-refractivity contribution in [1.29, 1.82) is 0 Å². The Morgan fingerprint density at radius 3 is 2.86 bits per heavy atom. The van der Waals surface area contributed by atoms with E-state index >= 15 is 0 Å². The highest BCUT2D eigenvalue weighted by atomic mass is 19.1. The van der Waals surface area contributed by atoms with Gasteiger partial charge in [-0.2, -0.15) is 0 Å². The molecule has 1 aromatic rings. The molecule has 0 saturated carbocycles. The van der Waals surface area contributed by atoms with Crippen LogP contribution in [-0.4, -0.2) is 13.2 Å². The Morgan fingerprint density at radius 1 is 1.36 bits per heavy atom. The Balaban J connectivity index is 2.54. The lowest BCUT2D eigenvalue weighted by molar-refractivity contribution is 0.338. The van der Waals surface area contributed by atoms with Crippen molar-refractivity contribution in [1.82, 2.24) is 0 Å². The Hall–Kier alpha value is -1.16. The van der Waals surface area contributed by atoms with Gasteiger partial charge in [0.15, 0.2) is 11.6 Å². The van der Waals surface area contributed by atoms with E-state index in [1.54, 1.807) is 0 Å². The van der Waals surface area contributed by atoms with Crippen LogP contribution >= 0.6 is 0 Å². The van der Waals surface area contributed by atoms with E-state index in [0.29, 0.717) is 37.1 Å². The van der Waals surface area contributed by atoms with Crippen LogP contribution in [0.2, 0.25) is 0 Å². The van der Waals surface area contributed by atoms with E-state index in [1.807, 2.05) is 0 Å². The van der Waals surface area contributed by atoms with Crippen LogP contribution in [0.5, 0.6) is 5.75 Å². The van der Waals surface area contributed by atoms with Crippen LogP contribution in [0.3, 0.4) is 0 Å². The number of nitrogens with two attached hydrogens (primary N) is 1. The van der Waals surface area contributed by atoms with Gasteiger partial charge in [-0.1, -0.05) is 0 Å². The normalized spacial score (nSPS) is 13.9. The van der Waals surface area contributed by atoms with Crippen molar-refractivity contribution < 1.29 is 13.5 Å². The van der Waals surface area contributed by atoms with Gasteiger partial charge in [0.2, 0.25) is 0 Å². The molecular weight excluding hydrogens is 188 g/mol. The third kappa shape index (κ3) is 1.35. The van der Waals surface area contributed by atoms with E-state index in [2.05, 4.69) is 0 Å². The molecule has 0 aliphatic carbocycles. The number of benzene rings is 1. The predicted molar refractivity (Wildman–Crippen MR) is 48.3 cm³/mol. The minimum atomic E-state index is -0.615. The van der Waals surface area contributed by atoms with Crippen molar-refractivity contribution in [2.24, 2.45) is 5.73 Å². The fourth-order valence-corrected chi connectivity index (χ4v) is 1.78. The van der Waals surface area contributed by atoms with Crippen molar-refractivity contribution in [3.05, 3.63) is 28.8 Å². The molecule has 0 unspecified atom stereocenters. The molecule has 14 heavy (non-hydrogen) atoms. The van der Waals surface area contributed by atoms with E-state index in [4.69, 9.17) is 10.5 Å². The van der Waals surface area contributed by atoms with E-state index < -0.39 is 11.6 Å². The molecule has 0 radical (unpaired) electrons. The van der Waals surface area contributed by atoms with Crippen LogP contribution in [0, 0.1) is 11.6 Å². The largest absolute Gasteiger partial charge is 0.490 e. The number of fused-ring (bicyclic) bond motifs is 1. The highest BCUT2D eigenvalue weighted by Gasteiger charge is 2.23. The Bertz CT molecular complexity index is 366. The van der Waals surface area contributed by atoms with E-state index in [1.165, 1.54) is 0 Å². The SMILES string of the molecule is NCCc1c(F)cc(F)c2c1CCO2. The van der Waals surface area contributed by atoms with Crippen molar-refractivity contribution in [2.75, 3.05) is 13.2 Å². The zero-order chi connectivity index (χ0) is 10.1. The van der Waals surface area contributed by atoms with Crippen LogP contribution in [0.4, 0.5) is 8.78 Å². The minimum absolute atomic E-state index is 0.204. The molecule has 0 bridgehead atoms. The molecule has 2 rings (SSSR count). The lowest BCUT2D eigenvalue weighted by atomic mass is 10.0. The molecular formula is C10H11F2NO. The summed E-state index contributed by atoms with van der Waals surface area (Å²) in [7, 11) is 0. The third-order valence-electron chi connectivity index (χ3n) is 2.39. The molecule has 4 heteroatoms. The first-order chi connectivity index (χ1) is 6.74. The predicted octanol–water partition coefficient (Wildman–Crippen LogP) is 1.40. The van der Waals surface area contributed by atoms with Crippen LogP contribution in [0.15, 0.2) is 6.07 Å². The van der Waals surface area contributed by atoms with E-state index in [9.17, 15) is 8.78 Å². The maximum absolute atomic E-state index is 13.3. The van der Waals surface area contributed by atoms with Gasteiger partial charge in [0, 0.05) is 18.1 Å². The molecule has 0 saturated heterocycles. The lowest BCUT2D eigenvalue weighted by Gasteiger charge is -2.08. The fraction of sp³-hybridized carbons (Fsp3) is 0.400. The van der Waals surface area contributed by atoms with Gasteiger partial charge < -0.3 is 10.5 Å². The Labute approximate surface area is 80.7 Å². The number of rotatable bonds is 2. The summed E-state index contributed by atoms with van der Waals surface area (Å²) in [6, 6.07) is 0.870. The second kappa shape index (κ2) is 3.53. The Morgan fingerprint density at radius 2 is 2.14 bits per heavy atom. The van der Waals surface area contributed by atoms with Gasteiger partial charge in [-0.05, 0) is 18.5 Å². The summed E-state index contributed by atoms with van der Waals surface area (Å²) >= 11 is 0. The molecule has 1 heterocycles. The molecule has 0 amide bonds. The van der Waals surface area contributed by atoms with Gasteiger partial charge in [0.25, 0.3) is 0 Å². The van der Waals surface area contributed by atoms with Crippen LogP contribution < -0.4 is 10.5 Å². The zero-order valence-electron chi connectivity index (χ0n) is 7.65. The van der Waals surface area contributed by atoms with Crippen LogP contribution in [-0.2, 0) is 12.8 Å². The number of halogens is 2. The molecule has 0 aromatic heterocycles. The van der Waals surface area contributed by atoms with Gasteiger partial charge in [-0.25, -0.2) is 8.78 Å². The molecule has 1 aliphatic heterocycles. The summed E-state index contributed by atoms with van der Waals surface area (Å²) in [5.74, 6) is -0.928. The summed E-state index contributed by atoms with van der Waals surface area (Å²) in [5, 5.41) is 0. The summed E-state index contributed by atoms with van der Waals surface area (Å²) in [5.41, 5.74) is 6.51. The van der Waals surface area contributed by atoms with Gasteiger partial charge in [-0.3, -0.25) is 0 Å². The third-order valence-corrected chi connectivity index (χ3v) is 2.39. The monoisotopic (exact) mass is 199 g/mol. The lowest BCUT2D eigenvalue weighted by Crippen LogP contribution is -2.07. The first-order valence-corrected chi connectivity index (χ1v) is 4.56. The highest BCUT2D eigenvalue weighted by molar-refractivity contribution is 5.45. The summed E-state index contributed by atoms with van der Waals surface area (Å²) in [6.45, 7) is 0.780. The topological polar surface area (TPSA) is 35.2 Å². The molecule has 2 nitrogen and oxygen atoms in total. The van der Waals surface area contributed by atoms with Gasteiger partial charge in [-0.15, -0.1) is 0 Å². The molecule has 76 valence electrons. The maximum Gasteiger partial charge on any atom is 0.168 e. The first kappa shape index (κ1) is 9.40. The standard InChI is InChI=1S/C10H11F2NO/c11-8-5-9(12)10-7(2-4-14-10)6(8)1-3-13/h5H,1-4,13H2. The van der Waals surface area contributed by atoms with Gasteiger partial charge >= 0.3 is 0 Å². The maximum atomic E-state index is 13.3. The summed E-state index contributed by atoms with van der Waals surface area (Å²) < 4.78 is 31.6. The van der Waals surface area contributed by atoms with Crippen molar-refractivity contribution in [3.8, 4) is 5.75 Å². The second-order valence-electron chi connectivity index (χ2n) is 3.26. The highest BCUT2D eigenvalue weighted by Crippen LogP contribution is 2.33. The molecule has 0 spiro atoms. The second-order valence-corrected chi connectivity index (χ2v) is 3.26. The molecule has 0 fully saturated rings. The van der Waals surface area contributed by atoms with E-state index in [0.717, 1.165) is 6.07 Å². The summed E-state index contributed by atoms with van der Waals surface area (Å²) in [4.78, 5) is 0. The van der Waals surface area contributed by atoms with Crippen molar-refractivity contribution in [2.45, 2.75) is 12.8 Å². The van der Waals surface area contributed by atoms with Crippen LogP contribution in [0.25, 0.3) is 0 Å². The quantitative estimate of drug-likeness (QED) is 0.781.